The van der Waals surface area contributed by atoms with Crippen LogP contribution in [0.25, 0.3) is 0 Å². The van der Waals surface area contributed by atoms with Crippen molar-refractivity contribution >= 4 is 11.8 Å². The van der Waals surface area contributed by atoms with E-state index in [-0.39, 0.29) is 11.1 Å². The highest BCUT2D eigenvalue weighted by atomic mass is 16.7. The van der Waals surface area contributed by atoms with Crippen molar-refractivity contribution in [3.63, 3.8) is 0 Å². The number of Topliss-reactive ketones (excluding diaryl/α,β-unsaturated/α-hetero) is 1. The molecule has 0 heterocycles. The van der Waals surface area contributed by atoms with E-state index in [9.17, 15) is 14.7 Å². The maximum atomic E-state index is 12.2. The first-order valence-electron chi connectivity index (χ1n) is 5.92. The maximum absolute atomic E-state index is 12.2. The number of nitrogens with two attached hydrogens (primary N) is 1. The quantitative estimate of drug-likeness (QED) is 0.651. The molecule has 1 atom stereocenters. The zero-order chi connectivity index (χ0) is 14.5. The standard InChI is InChI=1S/C15H13NO4/c16-20-15(19)12-9-5-4-8-11(12)14(18)13(17)10-6-2-1-3-7-10/h1-9,14,18H,16H2. The SMILES string of the molecule is NOC(=O)c1ccccc1C(O)C(=O)c1ccccc1. The third kappa shape index (κ3) is 2.74. The highest BCUT2D eigenvalue weighted by Gasteiger charge is 2.24. The minimum absolute atomic E-state index is 0.0618. The molecular weight excluding hydrogens is 258 g/mol. The number of ketones is 1. The molecule has 102 valence electrons. The zero-order valence-electron chi connectivity index (χ0n) is 10.5. The van der Waals surface area contributed by atoms with Crippen molar-refractivity contribution in [1.29, 1.82) is 0 Å². The molecule has 1 unspecified atom stereocenters. The molecule has 3 N–H and O–H groups in total. The minimum atomic E-state index is -1.45. The van der Waals surface area contributed by atoms with Gasteiger partial charge in [-0.05, 0) is 6.07 Å². The lowest BCUT2D eigenvalue weighted by atomic mass is 9.96. The molecule has 0 radical (unpaired) electrons. The summed E-state index contributed by atoms with van der Waals surface area (Å²) in [6.07, 6.45) is -1.45. The smallest absolute Gasteiger partial charge is 0.356 e. The summed E-state index contributed by atoms with van der Waals surface area (Å²) in [5.74, 6) is 3.54. The lowest BCUT2D eigenvalue weighted by Gasteiger charge is -2.13. The molecule has 5 nitrogen and oxygen atoms in total. The van der Waals surface area contributed by atoms with Crippen LogP contribution in [0.15, 0.2) is 54.6 Å². The topological polar surface area (TPSA) is 89.6 Å². The maximum Gasteiger partial charge on any atom is 0.356 e. The van der Waals surface area contributed by atoms with Gasteiger partial charge in [0.05, 0.1) is 5.56 Å². The van der Waals surface area contributed by atoms with Crippen molar-refractivity contribution in [1.82, 2.24) is 0 Å². The first-order chi connectivity index (χ1) is 9.65. The molecular formula is C15H13NO4. The number of hydrogen-bond donors (Lipinski definition) is 2. The molecule has 0 amide bonds. The number of benzene rings is 2. The molecule has 2 rings (SSSR count). The van der Waals surface area contributed by atoms with Gasteiger partial charge in [-0.1, -0.05) is 48.5 Å². The van der Waals surface area contributed by atoms with Gasteiger partial charge >= 0.3 is 5.97 Å². The predicted molar refractivity (Wildman–Crippen MR) is 71.8 cm³/mol. The second kappa shape index (κ2) is 6.10. The van der Waals surface area contributed by atoms with E-state index in [2.05, 4.69) is 4.84 Å². The number of hydrogen-bond acceptors (Lipinski definition) is 5. The molecule has 5 heteroatoms. The van der Waals surface area contributed by atoms with Gasteiger partial charge in [-0.15, -0.1) is 0 Å². The third-order valence-corrected chi connectivity index (χ3v) is 2.89. The van der Waals surface area contributed by atoms with Crippen molar-refractivity contribution < 1.29 is 19.5 Å². The normalized spacial score (nSPS) is 11.7. The van der Waals surface area contributed by atoms with E-state index in [1.54, 1.807) is 42.5 Å². The summed E-state index contributed by atoms with van der Waals surface area (Å²) < 4.78 is 0. The van der Waals surface area contributed by atoms with Crippen LogP contribution in [-0.4, -0.2) is 16.9 Å². The number of aliphatic hydroxyl groups excluding tert-OH is 1. The van der Waals surface area contributed by atoms with Gasteiger partial charge in [-0.2, -0.15) is 5.90 Å². The first-order valence-corrected chi connectivity index (χ1v) is 5.92. The lowest BCUT2D eigenvalue weighted by molar-refractivity contribution is 0.0495. The Morgan fingerprint density at radius 1 is 1.00 bits per heavy atom. The summed E-state index contributed by atoms with van der Waals surface area (Å²) >= 11 is 0. The van der Waals surface area contributed by atoms with Gasteiger partial charge in [0.2, 0.25) is 0 Å². The summed E-state index contributed by atoms with van der Waals surface area (Å²) in [7, 11) is 0. The largest absolute Gasteiger partial charge is 0.380 e. The summed E-state index contributed by atoms with van der Waals surface area (Å²) in [6.45, 7) is 0. The van der Waals surface area contributed by atoms with Gasteiger partial charge in [0.25, 0.3) is 0 Å². The Hall–Kier alpha value is -2.50. The zero-order valence-corrected chi connectivity index (χ0v) is 10.5. The van der Waals surface area contributed by atoms with E-state index < -0.39 is 17.9 Å². The van der Waals surface area contributed by atoms with Crippen LogP contribution in [0.3, 0.4) is 0 Å². The van der Waals surface area contributed by atoms with Crippen LogP contribution in [0.5, 0.6) is 0 Å². The number of aliphatic hydroxyl groups is 1. The van der Waals surface area contributed by atoms with Gasteiger partial charge in [0, 0.05) is 11.1 Å². The third-order valence-electron chi connectivity index (χ3n) is 2.89. The minimum Gasteiger partial charge on any atom is -0.380 e. The Bertz CT molecular complexity index is 625. The van der Waals surface area contributed by atoms with E-state index >= 15 is 0 Å². The highest BCUT2D eigenvalue weighted by molar-refractivity contribution is 6.02. The molecule has 2 aromatic carbocycles. The van der Waals surface area contributed by atoms with Crippen LogP contribution in [0, 0.1) is 0 Å². The van der Waals surface area contributed by atoms with Crippen LogP contribution in [0.1, 0.15) is 32.4 Å². The van der Waals surface area contributed by atoms with Crippen molar-refractivity contribution in [3.05, 3.63) is 71.3 Å². The molecule has 0 fully saturated rings. The molecule has 0 spiro atoms. The molecule has 0 aromatic heterocycles. The fourth-order valence-corrected chi connectivity index (χ4v) is 1.89. The van der Waals surface area contributed by atoms with Crippen LogP contribution in [-0.2, 0) is 4.84 Å². The van der Waals surface area contributed by atoms with Crippen molar-refractivity contribution in [2.45, 2.75) is 6.10 Å². The number of rotatable bonds is 4. The van der Waals surface area contributed by atoms with Gasteiger partial charge in [0.1, 0.15) is 6.10 Å². The Morgan fingerprint density at radius 2 is 1.60 bits per heavy atom. The molecule has 0 saturated carbocycles. The lowest BCUT2D eigenvalue weighted by Crippen LogP contribution is -2.18. The number of carbonyl (C=O) groups excluding carboxylic acids is 2. The van der Waals surface area contributed by atoms with E-state index in [0.29, 0.717) is 5.56 Å². The molecule has 0 aliphatic carbocycles. The molecule has 0 saturated heterocycles. The summed E-state index contributed by atoms with van der Waals surface area (Å²) in [6, 6.07) is 14.5. The van der Waals surface area contributed by atoms with Gasteiger partial charge in [0.15, 0.2) is 5.78 Å². The second-order valence-electron chi connectivity index (χ2n) is 4.13. The average Bonchev–Trinajstić information content (AvgIpc) is 2.53. The second-order valence-corrected chi connectivity index (χ2v) is 4.13. The predicted octanol–water partition coefficient (Wildman–Crippen LogP) is 1.63. The van der Waals surface area contributed by atoms with Crippen LogP contribution >= 0.6 is 0 Å². The van der Waals surface area contributed by atoms with E-state index in [1.807, 2.05) is 0 Å². The summed E-state index contributed by atoms with van der Waals surface area (Å²) in [5.41, 5.74) is 0.583. The van der Waals surface area contributed by atoms with E-state index in [4.69, 9.17) is 5.90 Å². The Balaban J connectivity index is 2.37. The van der Waals surface area contributed by atoms with Crippen LogP contribution in [0.2, 0.25) is 0 Å². The highest BCUT2D eigenvalue weighted by Crippen LogP contribution is 2.22. The van der Waals surface area contributed by atoms with Gasteiger partial charge in [-0.3, -0.25) is 4.79 Å². The van der Waals surface area contributed by atoms with Crippen LogP contribution < -0.4 is 5.90 Å². The Labute approximate surface area is 115 Å². The first kappa shape index (κ1) is 13.9. The number of carbonyl (C=O) groups is 2. The van der Waals surface area contributed by atoms with Crippen molar-refractivity contribution in [2.75, 3.05) is 0 Å². The fourth-order valence-electron chi connectivity index (χ4n) is 1.89. The monoisotopic (exact) mass is 271 g/mol. The van der Waals surface area contributed by atoms with Crippen molar-refractivity contribution in [2.24, 2.45) is 5.90 Å². The summed E-state index contributed by atoms with van der Waals surface area (Å²) in [4.78, 5) is 27.9. The Morgan fingerprint density at radius 3 is 2.25 bits per heavy atom. The fraction of sp³-hybridized carbons (Fsp3) is 0.0667. The van der Waals surface area contributed by atoms with E-state index in [0.717, 1.165) is 0 Å². The molecule has 0 aliphatic rings. The molecule has 0 aliphatic heterocycles. The molecule has 0 bridgehead atoms. The Kier molecular flexibility index (Phi) is 4.24. The van der Waals surface area contributed by atoms with Gasteiger partial charge in [-0.25, -0.2) is 4.79 Å². The molecule has 2 aromatic rings. The van der Waals surface area contributed by atoms with Crippen LogP contribution in [0.4, 0.5) is 0 Å². The van der Waals surface area contributed by atoms with E-state index in [1.165, 1.54) is 12.1 Å². The summed E-state index contributed by atoms with van der Waals surface area (Å²) in [5, 5.41) is 10.2. The molecule has 20 heavy (non-hydrogen) atoms. The van der Waals surface area contributed by atoms with Gasteiger partial charge < -0.3 is 9.94 Å². The van der Waals surface area contributed by atoms with Crippen molar-refractivity contribution in [3.8, 4) is 0 Å². The average molecular weight is 271 g/mol.